The molecular formula is C17H21N3O6. The van der Waals surface area contributed by atoms with E-state index in [4.69, 9.17) is 14.0 Å². The molecule has 0 fully saturated rings. The van der Waals surface area contributed by atoms with E-state index in [9.17, 15) is 14.4 Å². The second-order valence-electron chi connectivity index (χ2n) is 5.68. The van der Waals surface area contributed by atoms with Gasteiger partial charge in [0.15, 0.2) is 11.9 Å². The van der Waals surface area contributed by atoms with Crippen LogP contribution in [-0.2, 0) is 20.7 Å². The highest BCUT2D eigenvalue weighted by Gasteiger charge is 2.27. The number of ether oxygens (including phenoxy) is 2. The summed E-state index contributed by atoms with van der Waals surface area (Å²) in [5.41, 5.74) is 1.39. The van der Waals surface area contributed by atoms with Gasteiger partial charge in [-0.2, -0.15) is 0 Å². The zero-order valence-electron chi connectivity index (χ0n) is 15.3. The molecule has 1 atom stereocenters. The van der Waals surface area contributed by atoms with Crippen LogP contribution in [0, 0.1) is 13.8 Å². The number of carbonyl (C=O) groups excluding carboxylic acids is 3. The maximum absolute atomic E-state index is 12.4. The molecule has 9 nitrogen and oxygen atoms in total. The molecule has 9 heteroatoms. The van der Waals surface area contributed by atoms with Gasteiger partial charge in [0.05, 0.1) is 12.7 Å². The summed E-state index contributed by atoms with van der Waals surface area (Å²) in [5, 5.41) is 6.12. The molecule has 0 radical (unpaired) electrons. The van der Waals surface area contributed by atoms with E-state index in [-0.39, 0.29) is 11.5 Å². The molecule has 26 heavy (non-hydrogen) atoms. The number of aromatic nitrogens is 2. The van der Waals surface area contributed by atoms with E-state index >= 15 is 0 Å². The molecule has 0 aromatic carbocycles. The lowest BCUT2D eigenvalue weighted by Gasteiger charge is -2.12. The number of aromatic amines is 1. The quantitative estimate of drug-likeness (QED) is 0.754. The Morgan fingerprint density at radius 3 is 2.54 bits per heavy atom. The molecule has 140 valence electrons. The number of nitrogens with zero attached hydrogens (tertiary/aromatic N) is 1. The van der Waals surface area contributed by atoms with Gasteiger partial charge in [-0.3, -0.25) is 4.79 Å². The highest BCUT2D eigenvalue weighted by molar-refractivity contribution is 6.00. The number of hydrogen-bond donors (Lipinski definition) is 2. The van der Waals surface area contributed by atoms with Crippen molar-refractivity contribution in [3.63, 3.8) is 0 Å². The summed E-state index contributed by atoms with van der Waals surface area (Å²) >= 11 is 0. The van der Waals surface area contributed by atoms with E-state index < -0.39 is 23.9 Å². The molecule has 0 aliphatic rings. The second kappa shape index (κ2) is 7.85. The van der Waals surface area contributed by atoms with Gasteiger partial charge >= 0.3 is 11.9 Å². The molecular weight excluding hydrogens is 342 g/mol. The second-order valence-corrected chi connectivity index (χ2v) is 5.68. The van der Waals surface area contributed by atoms with Gasteiger partial charge in [0.1, 0.15) is 11.5 Å². The number of methoxy groups -OCH3 is 1. The number of aryl methyl sites for hydroxylation is 2. The maximum Gasteiger partial charge on any atom is 0.355 e. The number of amides is 1. The minimum absolute atomic E-state index is 0.110. The van der Waals surface area contributed by atoms with Crippen LogP contribution in [0.25, 0.3) is 0 Å². The van der Waals surface area contributed by atoms with Gasteiger partial charge in [0.2, 0.25) is 0 Å². The van der Waals surface area contributed by atoms with Gasteiger partial charge in [0, 0.05) is 11.8 Å². The van der Waals surface area contributed by atoms with Crippen LogP contribution in [0.5, 0.6) is 0 Å². The van der Waals surface area contributed by atoms with E-state index in [1.807, 2.05) is 6.92 Å². The third-order valence-corrected chi connectivity index (χ3v) is 3.81. The normalized spacial score (nSPS) is 11.7. The minimum atomic E-state index is -1.08. The summed E-state index contributed by atoms with van der Waals surface area (Å²) < 4.78 is 14.8. The van der Waals surface area contributed by atoms with Crippen molar-refractivity contribution in [3.8, 4) is 0 Å². The van der Waals surface area contributed by atoms with Gasteiger partial charge in [-0.25, -0.2) is 9.59 Å². The third kappa shape index (κ3) is 3.93. The molecule has 2 aromatic rings. The third-order valence-electron chi connectivity index (χ3n) is 3.81. The van der Waals surface area contributed by atoms with Crippen LogP contribution in [0.15, 0.2) is 10.6 Å². The average Bonchev–Trinajstić information content (AvgIpc) is 3.16. The number of anilines is 1. The number of H-pyrrole nitrogens is 1. The van der Waals surface area contributed by atoms with Crippen LogP contribution in [0.3, 0.4) is 0 Å². The minimum Gasteiger partial charge on any atom is -0.465 e. The molecule has 0 saturated carbocycles. The Morgan fingerprint density at radius 2 is 2.00 bits per heavy atom. The molecule has 2 rings (SSSR count). The molecule has 0 spiro atoms. The Kier molecular flexibility index (Phi) is 5.81. The van der Waals surface area contributed by atoms with E-state index in [2.05, 4.69) is 15.5 Å². The van der Waals surface area contributed by atoms with Gasteiger partial charge in [-0.1, -0.05) is 12.1 Å². The van der Waals surface area contributed by atoms with E-state index in [1.165, 1.54) is 20.1 Å². The van der Waals surface area contributed by atoms with Crippen molar-refractivity contribution >= 4 is 23.7 Å². The van der Waals surface area contributed by atoms with Crippen LogP contribution in [0.1, 0.15) is 51.7 Å². The Bertz CT molecular complexity index is 836. The number of nitrogens with one attached hydrogen (secondary N) is 2. The van der Waals surface area contributed by atoms with Crippen molar-refractivity contribution in [1.82, 2.24) is 10.1 Å². The largest absolute Gasteiger partial charge is 0.465 e. The SMILES string of the molecule is CCc1[nH]c(C(=O)O[C@H](C)C(=O)Nc2cc(C)on2)c(C)c1C(=O)OC. The Morgan fingerprint density at radius 1 is 1.31 bits per heavy atom. The first-order chi connectivity index (χ1) is 12.3. The van der Waals surface area contributed by atoms with E-state index in [0.717, 1.165) is 0 Å². The fourth-order valence-corrected chi connectivity index (χ4v) is 2.43. The summed E-state index contributed by atoms with van der Waals surface area (Å²) in [4.78, 5) is 39.3. The molecule has 2 aromatic heterocycles. The Hall–Kier alpha value is -3.10. The highest BCUT2D eigenvalue weighted by atomic mass is 16.5. The van der Waals surface area contributed by atoms with Crippen LogP contribution in [0.4, 0.5) is 5.82 Å². The summed E-state index contributed by atoms with van der Waals surface area (Å²) in [6.07, 6.45) is -0.575. The van der Waals surface area contributed by atoms with Crippen molar-refractivity contribution in [2.24, 2.45) is 0 Å². The summed E-state index contributed by atoms with van der Waals surface area (Å²) in [5.74, 6) is -1.07. The number of hydrogen-bond acceptors (Lipinski definition) is 7. The average molecular weight is 363 g/mol. The van der Waals surface area contributed by atoms with Crippen molar-refractivity contribution in [3.05, 3.63) is 34.3 Å². The lowest BCUT2D eigenvalue weighted by Crippen LogP contribution is -2.30. The smallest absolute Gasteiger partial charge is 0.355 e. The molecule has 1 amide bonds. The van der Waals surface area contributed by atoms with Crippen molar-refractivity contribution in [2.45, 2.75) is 40.2 Å². The van der Waals surface area contributed by atoms with Crippen molar-refractivity contribution in [1.29, 1.82) is 0 Å². The standard InChI is InChI=1S/C17H21N3O6/c1-6-11-13(16(22)24-5)9(3)14(18-11)17(23)25-10(4)15(21)19-12-7-8(2)26-20-12/h7,10,18H,6H2,1-5H3,(H,19,20,21)/t10-/m1/s1. The Balaban J connectivity index is 2.12. The predicted octanol–water partition coefficient (Wildman–Crippen LogP) is 2.15. The summed E-state index contributed by atoms with van der Waals surface area (Å²) in [6.45, 7) is 6.56. The number of carbonyl (C=O) groups is 3. The molecule has 0 unspecified atom stereocenters. The first kappa shape index (κ1) is 19.2. The molecule has 0 aliphatic carbocycles. The first-order valence-electron chi connectivity index (χ1n) is 8.03. The zero-order valence-corrected chi connectivity index (χ0v) is 15.3. The van der Waals surface area contributed by atoms with Crippen LogP contribution in [-0.4, -0.2) is 41.2 Å². The monoisotopic (exact) mass is 363 g/mol. The van der Waals surface area contributed by atoms with Gasteiger partial charge in [0.25, 0.3) is 5.91 Å². The topological polar surface area (TPSA) is 124 Å². The van der Waals surface area contributed by atoms with Crippen LogP contribution < -0.4 is 5.32 Å². The number of rotatable bonds is 6. The number of esters is 2. The van der Waals surface area contributed by atoms with Gasteiger partial charge in [-0.05, 0) is 32.8 Å². The lowest BCUT2D eigenvalue weighted by molar-refractivity contribution is -0.123. The van der Waals surface area contributed by atoms with Crippen molar-refractivity contribution in [2.75, 3.05) is 12.4 Å². The molecule has 2 heterocycles. The Labute approximate surface area is 150 Å². The van der Waals surface area contributed by atoms with E-state index in [1.54, 1.807) is 13.8 Å². The van der Waals surface area contributed by atoms with Gasteiger partial charge < -0.3 is 24.3 Å². The van der Waals surface area contributed by atoms with Crippen molar-refractivity contribution < 1.29 is 28.4 Å². The highest BCUT2D eigenvalue weighted by Crippen LogP contribution is 2.21. The predicted molar refractivity (Wildman–Crippen MR) is 91.0 cm³/mol. The molecule has 0 bridgehead atoms. The summed E-state index contributed by atoms with van der Waals surface area (Å²) in [7, 11) is 1.27. The molecule has 0 saturated heterocycles. The fourth-order valence-electron chi connectivity index (χ4n) is 2.43. The first-order valence-corrected chi connectivity index (χ1v) is 8.03. The van der Waals surface area contributed by atoms with Gasteiger partial charge in [-0.15, -0.1) is 0 Å². The lowest BCUT2D eigenvalue weighted by atomic mass is 10.1. The summed E-state index contributed by atoms with van der Waals surface area (Å²) in [6, 6.07) is 1.54. The fraction of sp³-hybridized carbons (Fsp3) is 0.412. The van der Waals surface area contributed by atoms with Crippen LogP contribution in [0.2, 0.25) is 0 Å². The molecule has 0 aliphatic heterocycles. The molecule has 2 N–H and O–H groups in total. The maximum atomic E-state index is 12.4. The van der Waals surface area contributed by atoms with E-state index in [0.29, 0.717) is 29.0 Å². The van der Waals surface area contributed by atoms with Crippen LogP contribution >= 0.6 is 0 Å². The zero-order chi connectivity index (χ0) is 19.4.